The first-order valence-electron chi connectivity index (χ1n) is 18.8. The second-order valence-electron chi connectivity index (χ2n) is 14.9. The second kappa shape index (κ2) is 13.2. The number of nitrogens with zero attached hydrogens (tertiary/aromatic N) is 3. The quantitative estimate of drug-likeness (QED) is 0.173. The van der Waals surface area contributed by atoms with Crippen molar-refractivity contribution in [3.8, 4) is 78.4 Å². The Morgan fingerprint density at radius 1 is 0.382 bits per heavy atom. The first kappa shape index (κ1) is 32.7. The van der Waals surface area contributed by atoms with Crippen LogP contribution in [0.1, 0.15) is 25.0 Å². The average Bonchev–Trinajstić information content (AvgIpc) is 3.49. The average molecular weight is 704 g/mol. The molecule has 7 aromatic carbocycles. The van der Waals surface area contributed by atoms with Crippen LogP contribution < -0.4 is 0 Å². The smallest absolute Gasteiger partial charge is 0.160 e. The van der Waals surface area contributed by atoms with E-state index in [-0.39, 0.29) is 5.41 Å². The van der Waals surface area contributed by atoms with Crippen molar-refractivity contribution in [1.29, 1.82) is 0 Å². The summed E-state index contributed by atoms with van der Waals surface area (Å²) in [5.74, 6) is 0.697. The SMILES string of the molecule is CC1(C)c2ccc(-c3cccc(-c4ccc(-c5cc(-c6ccccc6)nc(-c6ccc(-c7ccncc7)cc6)n5)cc4)c3)cc2-c2ccc3ccccc3c21. The first-order valence-corrected chi connectivity index (χ1v) is 18.8. The zero-order valence-corrected chi connectivity index (χ0v) is 30.7. The Morgan fingerprint density at radius 2 is 0.927 bits per heavy atom. The Labute approximate surface area is 321 Å². The van der Waals surface area contributed by atoms with Gasteiger partial charge >= 0.3 is 0 Å². The van der Waals surface area contributed by atoms with E-state index in [1.807, 2.05) is 42.7 Å². The highest BCUT2D eigenvalue weighted by Gasteiger charge is 2.36. The van der Waals surface area contributed by atoms with Gasteiger partial charge in [0, 0.05) is 34.5 Å². The molecule has 260 valence electrons. The topological polar surface area (TPSA) is 38.7 Å². The molecule has 0 unspecified atom stereocenters. The Bertz CT molecular complexity index is 2860. The Morgan fingerprint density at radius 3 is 1.67 bits per heavy atom. The van der Waals surface area contributed by atoms with Crippen LogP contribution in [0.2, 0.25) is 0 Å². The van der Waals surface area contributed by atoms with E-state index in [9.17, 15) is 0 Å². The van der Waals surface area contributed by atoms with E-state index < -0.39 is 0 Å². The van der Waals surface area contributed by atoms with Crippen molar-refractivity contribution < 1.29 is 0 Å². The Balaban J connectivity index is 0.979. The predicted octanol–water partition coefficient (Wildman–Crippen LogP) is 13.3. The van der Waals surface area contributed by atoms with Crippen LogP contribution in [0.3, 0.4) is 0 Å². The van der Waals surface area contributed by atoms with Gasteiger partial charge in [-0.05, 0) is 96.7 Å². The van der Waals surface area contributed by atoms with Gasteiger partial charge in [0.05, 0.1) is 11.4 Å². The zero-order valence-electron chi connectivity index (χ0n) is 30.7. The first-order chi connectivity index (χ1) is 27.0. The lowest BCUT2D eigenvalue weighted by atomic mass is 9.80. The molecule has 0 N–H and O–H groups in total. The van der Waals surface area contributed by atoms with E-state index in [1.54, 1.807) is 0 Å². The van der Waals surface area contributed by atoms with Crippen molar-refractivity contribution >= 4 is 10.8 Å². The molecule has 2 heterocycles. The Kier molecular flexibility index (Phi) is 7.81. The molecule has 3 heteroatoms. The fourth-order valence-corrected chi connectivity index (χ4v) is 8.34. The van der Waals surface area contributed by atoms with Gasteiger partial charge in [-0.15, -0.1) is 0 Å². The van der Waals surface area contributed by atoms with Gasteiger partial charge in [-0.2, -0.15) is 0 Å². The highest BCUT2D eigenvalue weighted by molar-refractivity contribution is 5.98. The fourth-order valence-electron chi connectivity index (χ4n) is 8.34. The van der Waals surface area contributed by atoms with Gasteiger partial charge in [0.15, 0.2) is 5.82 Å². The maximum atomic E-state index is 5.11. The van der Waals surface area contributed by atoms with E-state index in [0.717, 1.165) is 44.8 Å². The van der Waals surface area contributed by atoms with Crippen molar-refractivity contribution in [2.75, 3.05) is 0 Å². The van der Waals surface area contributed by atoms with Gasteiger partial charge in [-0.1, -0.05) is 159 Å². The summed E-state index contributed by atoms with van der Waals surface area (Å²) in [7, 11) is 0. The summed E-state index contributed by atoms with van der Waals surface area (Å²) >= 11 is 0. The van der Waals surface area contributed by atoms with Gasteiger partial charge in [-0.25, -0.2) is 9.97 Å². The molecule has 0 saturated carbocycles. The molecule has 0 amide bonds. The molecule has 3 nitrogen and oxygen atoms in total. The predicted molar refractivity (Wildman–Crippen MR) is 228 cm³/mol. The second-order valence-corrected chi connectivity index (χ2v) is 14.9. The molecule has 9 aromatic rings. The molecule has 0 aliphatic heterocycles. The van der Waals surface area contributed by atoms with E-state index in [1.165, 1.54) is 49.7 Å². The molecular formula is C52H37N3. The van der Waals surface area contributed by atoms with Crippen LogP contribution in [0.5, 0.6) is 0 Å². The Hall–Kier alpha value is -6.97. The van der Waals surface area contributed by atoms with E-state index in [4.69, 9.17) is 9.97 Å². The van der Waals surface area contributed by atoms with Crippen LogP contribution in [-0.2, 0) is 5.41 Å². The number of hydrogen-bond donors (Lipinski definition) is 0. The largest absolute Gasteiger partial charge is 0.265 e. The molecule has 1 aliphatic carbocycles. The van der Waals surface area contributed by atoms with Crippen LogP contribution in [0.25, 0.3) is 89.2 Å². The van der Waals surface area contributed by atoms with Crippen LogP contribution in [0, 0.1) is 0 Å². The third kappa shape index (κ3) is 5.82. The summed E-state index contributed by atoms with van der Waals surface area (Å²) in [5.41, 5.74) is 17.3. The van der Waals surface area contributed by atoms with Crippen molar-refractivity contribution in [3.05, 3.63) is 199 Å². The molecule has 0 saturated heterocycles. The minimum atomic E-state index is -0.0644. The summed E-state index contributed by atoms with van der Waals surface area (Å²) in [5, 5.41) is 2.64. The normalized spacial score (nSPS) is 12.7. The molecule has 0 radical (unpaired) electrons. The summed E-state index contributed by atoms with van der Waals surface area (Å²) in [6, 6.07) is 62.9. The fraction of sp³-hybridized carbons (Fsp3) is 0.0577. The lowest BCUT2D eigenvalue weighted by Crippen LogP contribution is -2.15. The minimum Gasteiger partial charge on any atom is -0.265 e. The molecule has 0 bridgehead atoms. The van der Waals surface area contributed by atoms with E-state index in [0.29, 0.717) is 5.82 Å². The minimum absolute atomic E-state index is 0.0644. The van der Waals surface area contributed by atoms with E-state index >= 15 is 0 Å². The lowest BCUT2D eigenvalue weighted by molar-refractivity contribution is 0.666. The highest BCUT2D eigenvalue weighted by Crippen LogP contribution is 2.52. The number of fused-ring (bicyclic) bond motifs is 5. The lowest BCUT2D eigenvalue weighted by Gasteiger charge is -2.23. The molecule has 2 aromatic heterocycles. The van der Waals surface area contributed by atoms with E-state index in [2.05, 4.69) is 164 Å². The van der Waals surface area contributed by atoms with Gasteiger partial charge < -0.3 is 0 Å². The van der Waals surface area contributed by atoms with Crippen LogP contribution in [0.15, 0.2) is 188 Å². The third-order valence-electron chi connectivity index (χ3n) is 11.2. The van der Waals surface area contributed by atoms with Crippen LogP contribution >= 0.6 is 0 Å². The third-order valence-corrected chi connectivity index (χ3v) is 11.2. The van der Waals surface area contributed by atoms with Gasteiger partial charge in [0.25, 0.3) is 0 Å². The van der Waals surface area contributed by atoms with Crippen LogP contribution in [0.4, 0.5) is 0 Å². The van der Waals surface area contributed by atoms with Crippen molar-refractivity contribution in [3.63, 3.8) is 0 Å². The van der Waals surface area contributed by atoms with Crippen molar-refractivity contribution in [2.24, 2.45) is 0 Å². The summed E-state index contributed by atoms with van der Waals surface area (Å²) < 4.78 is 0. The van der Waals surface area contributed by atoms with Crippen LogP contribution in [-0.4, -0.2) is 15.0 Å². The standard InChI is InChI=1S/C52H37N3/c1-52(2)47-26-24-43(32-46(47)45-25-23-37-9-6-7-14-44(37)50(45)52)42-13-8-12-41(31-42)35-15-19-39(20-16-35)49-33-48(38-10-4-3-5-11-38)54-51(55-49)40-21-17-34(18-22-40)36-27-29-53-30-28-36/h3-33H,1-2H3. The summed E-state index contributed by atoms with van der Waals surface area (Å²) in [6.45, 7) is 4.72. The molecule has 0 atom stereocenters. The maximum absolute atomic E-state index is 5.11. The number of hydrogen-bond acceptors (Lipinski definition) is 3. The number of aromatic nitrogens is 3. The molecule has 0 spiro atoms. The highest BCUT2D eigenvalue weighted by atomic mass is 14.9. The summed E-state index contributed by atoms with van der Waals surface area (Å²) in [6.07, 6.45) is 3.64. The zero-order chi connectivity index (χ0) is 36.9. The molecule has 55 heavy (non-hydrogen) atoms. The molecule has 0 fully saturated rings. The number of benzene rings is 7. The molecular weight excluding hydrogens is 667 g/mol. The number of pyridine rings is 1. The van der Waals surface area contributed by atoms with Crippen molar-refractivity contribution in [1.82, 2.24) is 15.0 Å². The van der Waals surface area contributed by atoms with Gasteiger partial charge in [-0.3, -0.25) is 4.98 Å². The van der Waals surface area contributed by atoms with Gasteiger partial charge in [0.1, 0.15) is 0 Å². The molecule has 10 rings (SSSR count). The maximum Gasteiger partial charge on any atom is 0.160 e. The monoisotopic (exact) mass is 703 g/mol. The summed E-state index contributed by atoms with van der Waals surface area (Å²) in [4.78, 5) is 14.3. The van der Waals surface area contributed by atoms with Crippen molar-refractivity contribution in [2.45, 2.75) is 19.3 Å². The van der Waals surface area contributed by atoms with Gasteiger partial charge in [0.2, 0.25) is 0 Å². The molecule has 1 aliphatic rings. The number of rotatable bonds is 6.